The number of benzene rings is 2. The Bertz CT molecular complexity index is 925. The van der Waals surface area contributed by atoms with Gasteiger partial charge in [0, 0.05) is 51.9 Å². The van der Waals surface area contributed by atoms with Crippen LogP contribution in [0.2, 0.25) is 0 Å². The minimum Gasteiger partial charge on any atom is -0.454 e. The zero-order chi connectivity index (χ0) is 20.9. The molecule has 2 aliphatic heterocycles. The molecule has 1 saturated heterocycles. The van der Waals surface area contributed by atoms with Gasteiger partial charge in [0.15, 0.2) is 11.5 Å². The summed E-state index contributed by atoms with van der Waals surface area (Å²) >= 11 is 0. The molecular weight excluding hydrogens is 384 g/mol. The van der Waals surface area contributed by atoms with Crippen LogP contribution in [0, 0.1) is 0 Å². The number of hydrogen-bond acceptors (Lipinski definition) is 5. The highest BCUT2D eigenvalue weighted by atomic mass is 16.7. The first-order valence-corrected chi connectivity index (χ1v) is 10.1. The summed E-state index contributed by atoms with van der Waals surface area (Å²) in [5, 5.41) is 5.76. The number of urea groups is 1. The molecule has 0 unspecified atom stereocenters. The number of piperazine rings is 1. The monoisotopic (exact) mass is 410 g/mol. The van der Waals surface area contributed by atoms with Gasteiger partial charge in [0.25, 0.3) is 0 Å². The molecule has 2 aromatic rings. The smallest absolute Gasteiger partial charge is 0.321 e. The highest BCUT2D eigenvalue weighted by Crippen LogP contribution is 2.32. The minimum atomic E-state index is -0.118. The van der Waals surface area contributed by atoms with Gasteiger partial charge in [0.05, 0.1) is 0 Å². The molecule has 158 valence electrons. The Hall–Kier alpha value is -3.26. The van der Waals surface area contributed by atoms with Crippen molar-refractivity contribution in [2.45, 2.75) is 20.0 Å². The van der Waals surface area contributed by atoms with E-state index in [2.05, 4.69) is 21.6 Å². The van der Waals surface area contributed by atoms with E-state index in [0.717, 1.165) is 42.4 Å². The van der Waals surface area contributed by atoms with Crippen LogP contribution in [0.25, 0.3) is 0 Å². The lowest BCUT2D eigenvalue weighted by molar-refractivity contribution is -0.119. The molecule has 2 aromatic carbocycles. The van der Waals surface area contributed by atoms with Crippen molar-refractivity contribution in [3.8, 4) is 11.5 Å². The van der Waals surface area contributed by atoms with Crippen molar-refractivity contribution >= 4 is 17.6 Å². The molecular formula is C22H26N4O4. The standard InChI is InChI=1S/C22H26N4O4/c1-16(27)23-13-18-4-2-3-5-19(18)24-22(28)26-10-8-25(9-11-26)14-17-6-7-20-21(12-17)30-15-29-20/h2-7,12H,8-11,13-15H2,1H3,(H,23,27)(H,24,28). The summed E-state index contributed by atoms with van der Waals surface area (Å²) in [5.41, 5.74) is 2.77. The van der Waals surface area contributed by atoms with Crippen molar-refractivity contribution in [1.29, 1.82) is 0 Å². The molecule has 0 aliphatic carbocycles. The van der Waals surface area contributed by atoms with Crippen LogP contribution in [0.4, 0.5) is 10.5 Å². The lowest BCUT2D eigenvalue weighted by atomic mass is 10.1. The number of carbonyl (C=O) groups excluding carboxylic acids is 2. The zero-order valence-corrected chi connectivity index (χ0v) is 17.0. The lowest BCUT2D eigenvalue weighted by Gasteiger charge is -2.34. The summed E-state index contributed by atoms with van der Waals surface area (Å²) in [6, 6.07) is 13.4. The maximum absolute atomic E-state index is 12.7. The van der Waals surface area contributed by atoms with Gasteiger partial charge in [0.1, 0.15) is 0 Å². The van der Waals surface area contributed by atoms with Gasteiger partial charge in [-0.3, -0.25) is 9.69 Å². The summed E-state index contributed by atoms with van der Waals surface area (Å²) in [4.78, 5) is 28.1. The van der Waals surface area contributed by atoms with Crippen molar-refractivity contribution in [3.05, 3.63) is 53.6 Å². The first-order chi connectivity index (χ1) is 14.6. The fraction of sp³-hybridized carbons (Fsp3) is 0.364. The number of anilines is 1. The Morgan fingerprint density at radius 3 is 2.57 bits per heavy atom. The second-order valence-corrected chi connectivity index (χ2v) is 7.45. The molecule has 30 heavy (non-hydrogen) atoms. The molecule has 8 nitrogen and oxygen atoms in total. The number of ether oxygens (including phenoxy) is 2. The van der Waals surface area contributed by atoms with E-state index in [4.69, 9.17) is 9.47 Å². The summed E-state index contributed by atoms with van der Waals surface area (Å²) in [6.07, 6.45) is 0. The van der Waals surface area contributed by atoms with E-state index in [1.54, 1.807) is 0 Å². The summed E-state index contributed by atoms with van der Waals surface area (Å²) in [6.45, 7) is 5.87. The molecule has 8 heteroatoms. The van der Waals surface area contributed by atoms with Gasteiger partial charge in [-0.2, -0.15) is 0 Å². The van der Waals surface area contributed by atoms with Crippen molar-refractivity contribution in [2.75, 3.05) is 38.3 Å². The van der Waals surface area contributed by atoms with E-state index in [0.29, 0.717) is 19.6 Å². The van der Waals surface area contributed by atoms with Crippen LogP contribution in [-0.4, -0.2) is 54.7 Å². The van der Waals surface area contributed by atoms with Gasteiger partial charge in [-0.15, -0.1) is 0 Å². The third kappa shape index (κ3) is 4.83. The number of rotatable bonds is 5. The van der Waals surface area contributed by atoms with Gasteiger partial charge in [-0.1, -0.05) is 24.3 Å². The Labute approximate surface area is 175 Å². The van der Waals surface area contributed by atoms with Gasteiger partial charge in [0.2, 0.25) is 12.7 Å². The minimum absolute atomic E-state index is 0.102. The summed E-state index contributed by atoms with van der Waals surface area (Å²) < 4.78 is 10.8. The molecule has 3 amide bonds. The number of nitrogens with one attached hydrogen (secondary N) is 2. The van der Waals surface area contributed by atoms with Crippen LogP contribution < -0.4 is 20.1 Å². The van der Waals surface area contributed by atoms with Gasteiger partial charge in [-0.25, -0.2) is 4.79 Å². The normalized spacial score (nSPS) is 15.7. The largest absolute Gasteiger partial charge is 0.454 e. The number of nitrogens with zero attached hydrogens (tertiary/aromatic N) is 2. The maximum atomic E-state index is 12.7. The topological polar surface area (TPSA) is 83.1 Å². The lowest BCUT2D eigenvalue weighted by Crippen LogP contribution is -2.49. The molecule has 0 atom stereocenters. The molecule has 0 spiro atoms. The second kappa shape index (κ2) is 9.04. The first-order valence-electron chi connectivity index (χ1n) is 10.1. The van der Waals surface area contributed by atoms with E-state index in [-0.39, 0.29) is 18.7 Å². The van der Waals surface area contributed by atoms with Crippen molar-refractivity contribution in [3.63, 3.8) is 0 Å². The van der Waals surface area contributed by atoms with Crippen molar-refractivity contribution < 1.29 is 19.1 Å². The molecule has 0 saturated carbocycles. The third-order valence-corrected chi connectivity index (χ3v) is 5.29. The molecule has 2 aliphatic rings. The predicted octanol–water partition coefficient (Wildman–Crippen LogP) is 2.40. The summed E-state index contributed by atoms with van der Waals surface area (Å²) in [5.74, 6) is 1.48. The van der Waals surface area contributed by atoms with Crippen molar-refractivity contribution in [2.24, 2.45) is 0 Å². The van der Waals surface area contributed by atoms with Crippen LogP contribution in [0.3, 0.4) is 0 Å². The van der Waals surface area contributed by atoms with Crippen LogP contribution in [0.5, 0.6) is 11.5 Å². The molecule has 1 fully saturated rings. The average Bonchev–Trinajstić information content (AvgIpc) is 3.21. The van der Waals surface area contributed by atoms with Gasteiger partial charge < -0.3 is 25.0 Å². The Morgan fingerprint density at radius 2 is 1.77 bits per heavy atom. The number of fused-ring (bicyclic) bond motifs is 1. The van der Waals surface area contributed by atoms with Gasteiger partial charge >= 0.3 is 6.03 Å². The molecule has 2 heterocycles. The number of para-hydroxylation sites is 1. The van der Waals surface area contributed by atoms with Crippen LogP contribution in [0.15, 0.2) is 42.5 Å². The highest BCUT2D eigenvalue weighted by molar-refractivity contribution is 5.90. The molecule has 0 radical (unpaired) electrons. The average molecular weight is 410 g/mol. The van der Waals surface area contributed by atoms with E-state index in [1.165, 1.54) is 12.5 Å². The van der Waals surface area contributed by atoms with Crippen molar-refractivity contribution in [1.82, 2.24) is 15.1 Å². The zero-order valence-electron chi connectivity index (χ0n) is 17.0. The molecule has 0 bridgehead atoms. The SMILES string of the molecule is CC(=O)NCc1ccccc1NC(=O)N1CCN(Cc2ccc3c(c2)OCO3)CC1. The molecule has 0 aromatic heterocycles. The second-order valence-electron chi connectivity index (χ2n) is 7.45. The fourth-order valence-corrected chi connectivity index (χ4v) is 3.62. The highest BCUT2D eigenvalue weighted by Gasteiger charge is 2.22. The third-order valence-electron chi connectivity index (χ3n) is 5.29. The van der Waals surface area contributed by atoms with E-state index in [1.807, 2.05) is 41.3 Å². The number of amides is 3. The molecule has 4 rings (SSSR count). The first kappa shape index (κ1) is 20.0. The Kier molecular flexibility index (Phi) is 6.04. The number of carbonyl (C=O) groups is 2. The van der Waals surface area contributed by atoms with Crippen LogP contribution in [0.1, 0.15) is 18.1 Å². The van der Waals surface area contributed by atoms with Crippen LogP contribution >= 0.6 is 0 Å². The van der Waals surface area contributed by atoms with Gasteiger partial charge in [-0.05, 0) is 29.3 Å². The predicted molar refractivity (Wildman–Crippen MR) is 112 cm³/mol. The Balaban J connectivity index is 1.29. The molecule has 2 N–H and O–H groups in total. The van der Waals surface area contributed by atoms with E-state index >= 15 is 0 Å². The fourth-order valence-electron chi connectivity index (χ4n) is 3.62. The maximum Gasteiger partial charge on any atom is 0.321 e. The van der Waals surface area contributed by atoms with E-state index < -0.39 is 0 Å². The Morgan fingerprint density at radius 1 is 1.00 bits per heavy atom. The van der Waals surface area contributed by atoms with E-state index in [9.17, 15) is 9.59 Å². The van der Waals surface area contributed by atoms with Crippen LogP contribution in [-0.2, 0) is 17.9 Å². The summed E-state index contributed by atoms with van der Waals surface area (Å²) in [7, 11) is 0. The quantitative estimate of drug-likeness (QED) is 0.791. The number of hydrogen-bond donors (Lipinski definition) is 2.